The molecule has 1 aliphatic rings. The van der Waals surface area contributed by atoms with Gasteiger partial charge in [0.25, 0.3) is 0 Å². The van der Waals surface area contributed by atoms with Crippen molar-refractivity contribution in [3.8, 4) is 0 Å². The maximum absolute atomic E-state index is 12.8. The zero-order valence-corrected chi connectivity index (χ0v) is 14.4. The van der Waals surface area contributed by atoms with Crippen LogP contribution in [-0.2, 0) is 16.1 Å². The molecule has 0 unspecified atom stereocenters. The molecule has 1 saturated heterocycles. The van der Waals surface area contributed by atoms with Crippen LogP contribution >= 0.6 is 0 Å². The predicted octanol–water partition coefficient (Wildman–Crippen LogP) is 1.03. The van der Waals surface area contributed by atoms with Crippen molar-refractivity contribution in [1.29, 1.82) is 0 Å². The largest absolute Gasteiger partial charge is 0.358 e. The summed E-state index contributed by atoms with van der Waals surface area (Å²) in [6.45, 7) is 5.03. The Bertz CT molecular complexity index is 559. The molecular formula is C17H26N4O2. The van der Waals surface area contributed by atoms with E-state index in [0.29, 0.717) is 6.54 Å². The molecule has 0 bridgehead atoms. The molecule has 2 heterocycles. The van der Waals surface area contributed by atoms with Crippen LogP contribution in [0.5, 0.6) is 0 Å². The van der Waals surface area contributed by atoms with Gasteiger partial charge in [0.05, 0.1) is 11.6 Å². The van der Waals surface area contributed by atoms with Gasteiger partial charge < -0.3 is 10.2 Å². The van der Waals surface area contributed by atoms with Gasteiger partial charge in [-0.25, -0.2) is 0 Å². The Hall–Kier alpha value is -1.95. The van der Waals surface area contributed by atoms with E-state index in [2.05, 4.69) is 10.3 Å². The summed E-state index contributed by atoms with van der Waals surface area (Å²) in [5, 5.41) is 2.70. The van der Waals surface area contributed by atoms with Crippen molar-refractivity contribution in [1.82, 2.24) is 20.1 Å². The summed E-state index contributed by atoms with van der Waals surface area (Å²) in [5.74, 6) is -0.00422. The number of hydrogen-bond acceptors (Lipinski definition) is 4. The third-order valence-electron chi connectivity index (χ3n) is 4.56. The molecule has 6 heteroatoms. The molecule has 23 heavy (non-hydrogen) atoms. The minimum atomic E-state index is -0.694. The summed E-state index contributed by atoms with van der Waals surface area (Å²) in [6, 6.07) is 3.57. The summed E-state index contributed by atoms with van der Waals surface area (Å²) in [7, 11) is 3.43. The number of nitrogens with zero attached hydrogens (tertiary/aromatic N) is 3. The zero-order chi connectivity index (χ0) is 17.0. The smallest absolute Gasteiger partial charge is 0.240 e. The Labute approximate surface area is 137 Å². The van der Waals surface area contributed by atoms with Crippen molar-refractivity contribution in [2.75, 3.05) is 20.6 Å². The lowest BCUT2D eigenvalue weighted by atomic mass is 9.99. The second-order valence-corrected chi connectivity index (χ2v) is 6.55. The van der Waals surface area contributed by atoms with Crippen molar-refractivity contribution in [3.05, 3.63) is 30.1 Å². The average molecular weight is 318 g/mol. The van der Waals surface area contributed by atoms with Crippen LogP contribution in [0.15, 0.2) is 24.5 Å². The van der Waals surface area contributed by atoms with Gasteiger partial charge in [-0.2, -0.15) is 0 Å². The highest BCUT2D eigenvalue weighted by Gasteiger charge is 2.44. The monoisotopic (exact) mass is 318 g/mol. The molecule has 0 spiro atoms. The number of rotatable bonds is 5. The normalized spacial score (nSPS) is 18.7. The summed E-state index contributed by atoms with van der Waals surface area (Å²) < 4.78 is 0. The Morgan fingerprint density at radius 1 is 1.48 bits per heavy atom. The molecule has 0 saturated carbocycles. The first-order valence-corrected chi connectivity index (χ1v) is 8.00. The topological polar surface area (TPSA) is 65.5 Å². The maximum atomic E-state index is 12.8. The fraction of sp³-hybridized carbons (Fsp3) is 0.588. The molecule has 1 aromatic rings. The molecule has 1 aliphatic heterocycles. The fourth-order valence-corrected chi connectivity index (χ4v) is 3.23. The highest BCUT2D eigenvalue weighted by molar-refractivity contribution is 5.87. The molecular weight excluding hydrogens is 292 g/mol. The number of aromatic nitrogens is 1. The molecule has 1 N–H and O–H groups in total. The van der Waals surface area contributed by atoms with Gasteiger partial charge in [-0.15, -0.1) is 0 Å². The Morgan fingerprint density at radius 3 is 2.83 bits per heavy atom. The van der Waals surface area contributed by atoms with Gasteiger partial charge in [0.1, 0.15) is 0 Å². The van der Waals surface area contributed by atoms with Gasteiger partial charge in [0, 0.05) is 39.6 Å². The Morgan fingerprint density at radius 2 is 2.22 bits per heavy atom. The quantitative estimate of drug-likeness (QED) is 0.880. The first-order chi connectivity index (χ1) is 10.9. The molecule has 126 valence electrons. The van der Waals surface area contributed by atoms with Gasteiger partial charge in [0.2, 0.25) is 11.8 Å². The Balaban J connectivity index is 2.09. The van der Waals surface area contributed by atoms with E-state index in [9.17, 15) is 9.59 Å². The van der Waals surface area contributed by atoms with Crippen LogP contribution in [0.2, 0.25) is 0 Å². The average Bonchev–Trinajstić information content (AvgIpc) is 3.04. The first-order valence-electron chi connectivity index (χ1n) is 8.00. The lowest BCUT2D eigenvalue weighted by Gasteiger charge is -2.38. The predicted molar refractivity (Wildman–Crippen MR) is 88.6 cm³/mol. The van der Waals surface area contributed by atoms with E-state index >= 15 is 0 Å². The van der Waals surface area contributed by atoms with Crippen LogP contribution in [0.4, 0.5) is 0 Å². The second-order valence-electron chi connectivity index (χ2n) is 6.55. The fourth-order valence-electron chi connectivity index (χ4n) is 3.23. The van der Waals surface area contributed by atoms with Crippen LogP contribution in [0, 0.1) is 0 Å². The number of amides is 2. The highest BCUT2D eigenvalue weighted by atomic mass is 16.2. The van der Waals surface area contributed by atoms with E-state index < -0.39 is 5.54 Å². The molecule has 0 aliphatic carbocycles. The van der Waals surface area contributed by atoms with Gasteiger partial charge in [-0.1, -0.05) is 6.07 Å². The van der Waals surface area contributed by atoms with Crippen molar-refractivity contribution in [2.45, 2.75) is 44.8 Å². The summed E-state index contributed by atoms with van der Waals surface area (Å²) in [6.07, 6.45) is 5.20. The lowest BCUT2D eigenvalue weighted by molar-refractivity contribution is -0.141. The minimum absolute atomic E-state index is 0.0586. The number of carbonyl (C=O) groups excluding carboxylic acids is 2. The van der Waals surface area contributed by atoms with Crippen LogP contribution in [0.3, 0.4) is 0 Å². The van der Waals surface area contributed by atoms with Crippen LogP contribution in [-0.4, -0.2) is 58.8 Å². The van der Waals surface area contributed by atoms with Crippen molar-refractivity contribution < 1.29 is 9.59 Å². The minimum Gasteiger partial charge on any atom is -0.358 e. The Kier molecular flexibility index (Phi) is 5.36. The van der Waals surface area contributed by atoms with Gasteiger partial charge in [-0.3, -0.25) is 19.5 Å². The van der Waals surface area contributed by atoms with E-state index in [-0.39, 0.29) is 17.9 Å². The number of likely N-dealkylation sites (tertiary alicyclic amines) is 1. The molecule has 0 aromatic carbocycles. The van der Waals surface area contributed by atoms with Crippen LogP contribution < -0.4 is 5.32 Å². The second kappa shape index (κ2) is 7.08. The van der Waals surface area contributed by atoms with E-state index in [1.807, 2.05) is 30.9 Å². The number of nitrogens with one attached hydrogen (secondary N) is 1. The third kappa shape index (κ3) is 3.69. The van der Waals surface area contributed by atoms with Gasteiger partial charge in [-0.05, 0) is 38.3 Å². The van der Waals surface area contributed by atoms with Crippen molar-refractivity contribution >= 4 is 11.8 Å². The van der Waals surface area contributed by atoms with Crippen LogP contribution in [0.1, 0.15) is 32.3 Å². The maximum Gasteiger partial charge on any atom is 0.240 e. The molecule has 0 radical (unpaired) electrons. The van der Waals surface area contributed by atoms with Gasteiger partial charge >= 0.3 is 0 Å². The number of carbonyl (C=O) groups is 2. The SMILES string of the molecule is CNC(=O)C(C)(C)N1CCC[C@H]1C(=O)N(C)Cc1cccnc1. The highest BCUT2D eigenvalue weighted by Crippen LogP contribution is 2.28. The van der Waals surface area contributed by atoms with E-state index in [1.165, 1.54) is 0 Å². The first kappa shape index (κ1) is 17.4. The zero-order valence-electron chi connectivity index (χ0n) is 14.4. The molecule has 2 rings (SSSR count). The third-order valence-corrected chi connectivity index (χ3v) is 4.56. The standard InChI is InChI=1S/C17H26N4O2/c1-17(2,16(23)18-3)21-10-6-8-14(21)15(22)20(4)12-13-7-5-9-19-11-13/h5,7,9,11,14H,6,8,10,12H2,1-4H3,(H,18,23)/t14-/m0/s1. The van der Waals surface area contributed by atoms with E-state index in [0.717, 1.165) is 24.9 Å². The number of likely N-dealkylation sites (N-methyl/N-ethyl adjacent to an activating group) is 2. The summed E-state index contributed by atoms with van der Waals surface area (Å²) in [5.41, 5.74) is 0.305. The molecule has 6 nitrogen and oxygen atoms in total. The molecule has 2 amide bonds. The summed E-state index contributed by atoms with van der Waals surface area (Å²) >= 11 is 0. The molecule has 1 atom stereocenters. The number of hydrogen-bond donors (Lipinski definition) is 1. The van der Waals surface area contributed by atoms with Crippen molar-refractivity contribution in [2.24, 2.45) is 0 Å². The van der Waals surface area contributed by atoms with Gasteiger partial charge in [0.15, 0.2) is 0 Å². The van der Waals surface area contributed by atoms with Crippen molar-refractivity contribution in [3.63, 3.8) is 0 Å². The summed E-state index contributed by atoms with van der Waals surface area (Å²) in [4.78, 5) is 32.8. The molecule has 1 fully saturated rings. The number of pyridine rings is 1. The lowest BCUT2D eigenvalue weighted by Crippen LogP contribution is -2.59. The molecule has 1 aromatic heterocycles. The van der Waals surface area contributed by atoms with Crippen LogP contribution in [0.25, 0.3) is 0 Å². The van der Waals surface area contributed by atoms with E-state index in [4.69, 9.17) is 0 Å². The van der Waals surface area contributed by atoms with E-state index in [1.54, 1.807) is 31.4 Å².